The molecule has 2 aliphatic heterocycles. The van der Waals surface area contributed by atoms with Crippen molar-refractivity contribution in [3.8, 4) is 0 Å². The van der Waals surface area contributed by atoms with Crippen LogP contribution in [0.2, 0.25) is 0 Å². The Hall–Kier alpha value is -0.650. The first kappa shape index (κ1) is 15.7. The number of aliphatic carboxylic acids is 1. The van der Waals surface area contributed by atoms with Crippen molar-refractivity contribution in [3.63, 3.8) is 0 Å². The normalized spacial score (nSPS) is 31.1. The molecule has 0 aromatic heterocycles. The lowest BCUT2D eigenvalue weighted by Gasteiger charge is -2.43. The van der Waals surface area contributed by atoms with E-state index < -0.39 is 5.97 Å². The standard InChI is InChI=1S/C15H28N2O3/c1-3-4-14-11-13(5-10-20-14)17-8-6-16(7-9-17)12(2)15(18)19/h12-14H,3-11H2,1-2H3,(H,18,19). The van der Waals surface area contributed by atoms with Crippen LogP contribution >= 0.6 is 0 Å². The molecule has 0 spiro atoms. The fraction of sp³-hybridized carbons (Fsp3) is 0.933. The molecule has 0 aromatic carbocycles. The molecule has 20 heavy (non-hydrogen) atoms. The number of rotatable bonds is 5. The highest BCUT2D eigenvalue weighted by molar-refractivity contribution is 5.72. The van der Waals surface area contributed by atoms with E-state index in [1.54, 1.807) is 6.92 Å². The van der Waals surface area contributed by atoms with Crippen LogP contribution < -0.4 is 0 Å². The van der Waals surface area contributed by atoms with E-state index in [1.807, 2.05) is 0 Å². The van der Waals surface area contributed by atoms with Gasteiger partial charge in [0, 0.05) is 38.8 Å². The van der Waals surface area contributed by atoms with E-state index in [0.29, 0.717) is 12.1 Å². The topological polar surface area (TPSA) is 53.0 Å². The first-order valence-electron chi connectivity index (χ1n) is 7.94. The van der Waals surface area contributed by atoms with Gasteiger partial charge in [-0.25, -0.2) is 0 Å². The van der Waals surface area contributed by atoms with Crippen LogP contribution in [-0.4, -0.2) is 71.8 Å². The smallest absolute Gasteiger partial charge is 0.320 e. The van der Waals surface area contributed by atoms with Crippen LogP contribution in [0.3, 0.4) is 0 Å². The zero-order valence-electron chi connectivity index (χ0n) is 12.8. The number of carboxylic acid groups (broad SMARTS) is 1. The van der Waals surface area contributed by atoms with E-state index in [0.717, 1.165) is 52.0 Å². The molecule has 0 saturated carbocycles. The Morgan fingerprint density at radius 2 is 2.05 bits per heavy atom. The second kappa shape index (κ2) is 7.38. The van der Waals surface area contributed by atoms with Crippen molar-refractivity contribution in [1.82, 2.24) is 9.80 Å². The molecule has 2 fully saturated rings. The summed E-state index contributed by atoms with van der Waals surface area (Å²) >= 11 is 0. The lowest BCUT2D eigenvalue weighted by Crippen LogP contribution is -2.55. The van der Waals surface area contributed by atoms with Crippen LogP contribution in [0.4, 0.5) is 0 Å². The van der Waals surface area contributed by atoms with Crippen molar-refractivity contribution in [2.24, 2.45) is 0 Å². The van der Waals surface area contributed by atoms with E-state index in [9.17, 15) is 4.79 Å². The molecule has 1 N–H and O–H groups in total. The van der Waals surface area contributed by atoms with Gasteiger partial charge < -0.3 is 9.84 Å². The Morgan fingerprint density at radius 1 is 1.35 bits per heavy atom. The molecule has 2 saturated heterocycles. The van der Waals surface area contributed by atoms with E-state index in [1.165, 1.54) is 6.42 Å². The van der Waals surface area contributed by atoms with Gasteiger partial charge in [-0.05, 0) is 26.2 Å². The van der Waals surface area contributed by atoms with Crippen LogP contribution in [0.15, 0.2) is 0 Å². The minimum atomic E-state index is -0.715. The van der Waals surface area contributed by atoms with Gasteiger partial charge in [-0.15, -0.1) is 0 Å². The van der Waals surface area contributed by atoms with Gasteiger partial charge in [-0.2, -0.15) is 0 Å². The molecular formula is C15H28N2O3. The average Bonchev–Trinajstić information content (AvgIpc) is 2.47. The molecule has 2 aliphatic rings. The van der Waals surface area contributed by atoms with E-state index in [-0.39, 0.29) is 6.04 Å². The van der Waals surface area contributed by atoms with Crippen molar-refractivity contribution in [3.05, 3.63) is 0 Å². The van der Waals surface area contributed by atoms with Crippen molar-refractivity contribution >= 4 is 5.97 Å². The summed E-state index contributed by atoms with van der Waals surface area (Å²) < 4.78 is 5.82. The Bertz CT molecular complexity index is 314. The molecule has 0 amide bonds. The number of carbonyl (C=O) groups is 1. The first-order valence-corrected chi connectivity index (χ1v) is 7.94. The largest absolute Gasteiger partial charge is 0.480 e. The fourth-order valence-corrected chi connectivity index (χ4v) is 3.36. The summed E-state index contributed by atoms with van der Waals surface area (Å²) in [6, 6.07) is 0.266. The number of piperazine rings is 1. The predicted molar refractivity (Wildman–Crippen MR) is 77.9 cm³/mol. The first-order chi connectivity index (χ1) is 9.61. The summed E-state index contributed by atoms with van der Waals surface area (Å²) in [5.74, 6) is -0.715. The van der Waals surface area contributed by atoms with Crippen molar-refractivity contribution in [2.75, 3.05) is 32.8 Å². The lowest BCUT2D eigenvalue weighted by molar-refractivity contribution is -0.143. The Morgan fingerprint density at radius 3 is 2.65 bits per heavy atom. The molecule has 5 heteroatoms. The lowest BCUT2D eigenvalue weighted by atomic mass is 9.98. The molecule has 0 aliphatic carbocycles. The Labute approximate surface area is 121 Å². The quantitative estimate of drug-likeness (QED) is 0.827. The van der Waals surface area contributed by atoms with Crippen molar-refractivity contribution in [1.29, 1.82) is 0 Å². The maximum atomic E-state index is 11.0. The van der Waals surface area contributed by atoms with E-state index in [4.69, 9.17) is 9.84 Å². The monoisotopic (exact) mass is 284 g/mol. The SMILES string of the molecule is CCCC1CC(N2CCN(C(C)C(=O)O)CC2)CCO1. The van der Waals surface area contributed by atoms with Gasteiger partial charge in [0.15, 0.2) is 0 Å². The summed E-state index contributed by atoms with van der Waals surface area (Å²) in [5.41, 5.74) is 0. The molecule has 0 radical (unpaired) electrons. The highest BCUT2D eigenvalue weighted by atomic mass is 16.5. The van der Waals surface area contributed by atoms with Gasteiger partial charge in [0.25, 0.3) is 0 Å². The number of carboxylic acids is 1. The van der Waals surface area contributed by atoms with E-state index in [2.05, 4.69) is 16.7 Å². The molecule has 2 rings (SSSR count). The summed E-state index contributed by atoms with van der Waals surface area (Å²) in [6.45, 7) is 8.57. The molecule has 2 heterocycles. The third-order valence-electron chi connectivity index (χ3n) is 4.72. The zero-order chi connectivity index (χ0) is 14.5. The number of hydrogen-bond donors (Lipinski definition) is 1. The maximum absolute atomic E-state index is 11.0. The van der Waals surface area contributed by atoms with Crippen LogP contribution in [0.25, 0.3) is 0 Å². The maximum Gasteiger partial charge on any atom is 0.320 e. The molecule has 0 aromatic rings. The highest BCUT2D eigenvalue weighted by Gasteiger charge is 2.31. The molecule has 3 unspecified atom stereocenters. The second-order valence-corrected chi connectivity index (χ2v) is 6.05. The molecular weight excluding hydrogens is 256 g/mol. The average molecular weight is 284 g/mol. The summed E-state index contributed by atoms with van der Waals surface area (Å²) in [7, 11) is 0. The Kier molecular flexibility index (Phi) is 5.81. The fourth-order valence-electron chi connectivity index (χ4n) is 3.36. The van der Waals surface area contributed by atoms with Crippen LogP contribution in [0, 0.1) is 0 Å². The van der Waals surface area contributed by atoms with Crippen LogP contribution in [0.5, 0.6) is 0 Å². The summed E-state index contributed by atoms with van der Waals surface area (Å²) in [5, 5.41) is 9.07. The minimum Gasteiger partial charge on any atom is -0.480 e. The predicted octanol–water partition coefficient (Wildman–Crippen LogP) is 1.42. The minimum absolute atomic E-state index is 0.361. The summed E-state index contributed by atoms with van der Waals surface area (Å²) in [4.78, 5) is 15.6. The van der Waals surface area contributed by atoms with E-state index >= 15 is 0 Å². The Balaban J connectivity index is 1.79. The number of nitrogens with zero attached hydrogens (tertiary/aromatic N) is 2. The number of hydrogen-bond acceptors (Lipinski definition) is 4. The van der Waals surface area contributed by atoms with Crippen LogP contribution in [-0.2, 0) is 9.53 Å². The molecule has 0 bridgehead atoms. The molecule has 3 atom stereocenters. The second-order valence-electron chi connectivity index (χ2n) is 6.05. The highest BCUT2D eigenvalue weighted by Crippen LogP contribution is 2.23. The summed E-state index contributed by atoms with van der Waals surface area (Å²) in [6.07, 6.45) is 5.03. The third-order valence-corrected chi connectivity index (χ3v) is 4.72. The van der Waals surface area contributed by atoms with Gasteiger partial charge in [-0.1, -0.05) is 13.3 Å². The zero-order valence-corrected chi connectivity index (χ0v) is 12.8. The van der Waals surface area contributed by atoms with Gasteiger partial charge in [0.1, 0.15) is 6.04 Å². The van der Waals surface area contributed by atoms with Gasteiger partial charge in [-0.3, -0.25) is 14.6 Å². The van der Waals surface area contributed by atoms with Gasteiger partial charge >= 0.3 is 5.97 Å². The number of ether oxygens (including phenoxy) is 1. The van der Waals surface area contributed by atoms with Crippen molar-refractivity contribution < 1.29 is 14.6 Å². The molecule has 116 valence electrons. The third kappa shape index (κ3) is 3.93. The van der Waals surface area contributed by atoms with Gasteiger partial charge in [0.2, 0.25) is 0 Å². The van der Waals surface area contributed by atoms with Gasteiger partial charge in [0.05, 0.1) is 6.10 Å². The molecule has 5 nitrogen and oxygen atoms in total. The van der Waals surface area contributed by atoms with Crippen molar-refractivity contribution in [2.45, 2.75) is 57.7 Å². The van der Waals surface area contributed by atoms with Crippen LogP contribution in [0.1, 0.15) is 39.5 Å².